The summed E-state index contributed by atoms with van der Waals surface area (Å²) in [5, 5.41) is 11.8. The van der Waals surface area contributed by atoms with Crippen molar-refractivity contribution in [1.82, 2.24) is 15.4 Å². The summed E-state index contributed by atoms with van der Waals surface area (Å²) in [6.07, 6.45) is 9.02. The average Bonchev–Trinajstić information content (AvgIpc) is 3.54. The number of thiophene rings is 1. The average molecular weight is 515 g/mol. The van der Waals surface area contributed by atoms with Crippen LogP contribution in [0.25, 0.3) is 0 Å². The Morgan fingerprint density at radius 2 is 1.92 bits per heavy atom. The van der Waals surface area contributed by atoms with Gasteiger partial charge in [0.15, 0.2) is 5.82 Å². The number of aromatic nitrogens is 1. The molecule has 2 aliphatic carbocycles. The van der Waals surface area contributed by atoms with Gasteiger partial charge in [-0.3, -0.25) is 14.4 Å². The zero-order chi connectivity index (χ0) is 25.5. The summed E-state index contributed by atoms with van der Waals surface area (Å²) >= 11 is 1.58. The molecule has 0 bridgehead atoms. The van der Waals surface area contributed by atoms with Crippen molar-refractivity contribution in [3.8, 4) is 0 Å². The van der Waals surface area contributed by atoms with E-state index < -0.39 is 5.54 Å². The van der Waals surface area contributed by atoms with Gasteiger partial charge in [0.05, 0.1) is 6.54 Å². The molecule has 4 rings (SSSR count). The summed E-state index contributed by atoms with van der Waals surface area (Å²) in [7, 11) is 0. The maximum atomic E-state index is 14.1. The van der Waals surface area contributed by atoms with E-state index in [4.69, 9.17) is 4.52 Å². The van der Waals surface area contributed by atoms with Crippen LogP contribution in [-0.2, 0) is 20.9 Å². The van der Waals surface area contributed by atoms with Crippen molar-refractivity contribution < 1.29 is 18.9 Å². The molecule has 0 radical (unpaired) electrons. The summed E-state index contributed by atoms with van der Waals surface area (Å²) in [6.45, 7) is 4.23. The van der Waals surface area contributed by atoms with E-state index in [0.717, 1.165) is 49.8 Å². The highest BCUT2D eigenvalue weighted by atomic mass is 32.1. The molecule has 196 valence electrons. The SMILES string of the molecule is Cc1cc(NC(=O)CCC(=O)N(Cc2cccs2)C2(C(=O)NC3CCCCC3)CCCCC2C)no1. The van der Waals surface area contributed by atoms with Crippen molar-refractivity contribution in [3.05, 3.63) is 34.2 Å². The van der Waals surface area contributed by atoms with Crippen LogP contribution in [0.3, 0.4) is 0 Å². The number of carbonyl (C=O) groups excluding carboxylic acids is 3. The molecule has 2 N–H and O–H groups in total. The predicted molar refractivity (Wildman–Crippen MR) is 139 cm³/mol. The Labute approximate surface area is 217 Å². The summed E-state index contributed by atoms with van der Waals surface area (Å²) in [4.78, 5) is 43.2. The standard InChI is InChI=1S/C27H38N4O4S/c1-19-9-6-7-15-27(19,26(34)28-21-10-4-3-5-11-21)31(18-22-12-8-16-36-22)25(33)14-13-24(32)29-23-17-20(2)35-30-23/h8,12,16-17,19,21H,3-7,9-11,13-15,18H2,1-2H3,(H,28,34)(H,29,30,32). The smallest absolute Gasteiger partial charge is 0.246 e. The largest absolute Gasteiger partial charge is 0.360 e. The molecule has 0 spiro atoms. The third kappa shape index (κ3) is 6.17. The molecular weight excluding hydrogens is 476 g/mol. The minimum absolute atomic E-state index is 0.0143. The lowest BCUT2D eigenvalue weighted by atomic mass is 9.71. The second kappa shape index (κ2) is 12.0. The van der Waals surface area contributed by atoms with Crippen molar-refractivity contribution in [2.24, 2.45) is 5.92 Å². The molecule has 2 unspecified atom stereocenters. The maximum Gasteiger partial charge on any atom is 0.246 e. The van der Waals surface area contributed by atoms with Crippen LogP contribution in [0.15, 0.2) is 28.1 Å². The van der Waals surface area contributed by atoms with Gasteiger partial charge >= 0.3 is 0 Å². The Morgan fingerprint density at radius 1 is 1.14 bits per heavy atom. The van der Waals surface area contributed by atoms with Crippen molar-refractivity contribution in [2.45, 2.75) is 103 Å². The maximum absolute atomic E-state index is 14.1. The number of hydrogen-bond donors (Lipinski definition) is 2. The highest BCUT2D eigenvalue weighted by molar-refractivity contribution is 7.09. The molecule has 0 aromatic carbocycles. The first-order valence-corrected chi connectivity index (χ1v) is 14.1. The highest BCUT2D eigenvalue weighted by Crippen LogP contribution is 2.41. The van der Waals surface area contributed by atoms with Gasteiger partial charge in [0.2, 0.25) is 17.7 Å². The molecular formula is C27H38N4O4S. The lowest BCUT2D eigenvalue weighted by molar-refractivity contribution is -0.156. The number of rotatable bonds is 9. The molecule has 8 nitrogen and oxygen atoms in total. The summed E-state index contributed by atoms with van der Waals surface area (Å²) in [6, 6.07) is 5.78. The zero-order valence-electron chi connectivity index (χ0n) is 21.4. The van der Waals surface area contributed by atoms with Crippen LogP contribution in [-0.4, -0.2) is 39.4 Å². The topological polar surface area (TPSA) is 105 Å². The lowest BCUT2D eigenvalue weighted by Gasteiger charge is -2.49. The quantitative estimate of drug-likeness (QED) is 0.479. The normalized spacial score (nSPS) is 22.7. The van der Waals surface area contributed by atoms with Gasteiger partial charge in [0.25, 0.3) is 0 Å². The first-order valence-electron chi connectivity index (χ1n) is 13.3. The first-order chi connectivity index (χ1) is 17.4. The molecule has 0 aliphatic heterocycles. The van der Waals surface area contributed by atoms with E-state index in [0.29, 0.717) is 24.5 Å². The van der Waals surface area contributed by atoms with Crippen LogP contribution in [0.1, 0.15) is 88.2 Å². The number of anilines is 1. The van der Waals surface area contributed by atoms with Crippen LogP contribution >= 0.6 is 11.3 Å². The Balaban J connectivity index is 1.54. The van der Waals surface area contributed by atoms with Gasteiger partial charge in [-0.2, -0.15) is 0 Å². The van der Waals surface area contributed by atoms with E-state index in [9.17, 15) is 14.4 Å². The third-order valence-electron chi connectivity index (χ3n) is 7.73. The summed E-state index contributed by atoms with van der Waals surface area (Å²) in [5.41, 5.74) is -0.906. The first kappa shape index (κ1) is 26.4. The molecule has 9 heteroatoms. The minimum atomic E-state index is -0.906. The van der Waals surface area contributed by atoms with E-state index in [1.807, 2.05) is 17.5 Å². The number of nitrogens with zero attached hydrogens (tertiary/aromatic N) is 2. The highest BCUT2D eigenvalue weighted by Gasteiger charge is 2.51. The van der Waals surface area contributed by atoms with E-state index in [-0.39, 0.29) is 42.5 Å². The second-order valence-corrected chi connectivity index (χ2v) is 11.3. The monoisotopic (exact) mass is 514 g/mol. The molecule has 2 aromatic heterocycles. The number of aryl methyl sites for hydroxylation is 1. The number of hydrogen-bond acceptors (Lipinski definition) is 6. The molecule has 2 fully saturated rings. The summed E-state index contributed by atoms with van der Waals surface area (Å²) in [5.74, 6) is 0.484. The van der Waals surface area contributed by atoms with Gasteiger partial charge in [0.1, 0.15) is 11.3 Å². The predicted octanol–water partition coefficient (Wildman–Crippen LogP) is 5.19. The number of amides is 3. The Bertz CT molecular complexity index is 1030. The van der Waals surface area contributed by atoms with Gasteiger partial charge < -0.3 is 20.1 Å². The molecule has 2 saturated carbocycles. The molecule has 3 amide bonds. The van der Waals surface area contributed by atoms with Crippen LogP contribution in [0.2, 0.25) is 0 Å². The van der Waals surface area contributed by atoms with Crippen LogP contribution in [0.4, 0.5) is 5.82 Å². The molecule has 2 heterocycles. The van der Waals surface area contributed by atoms with Crippen molar-refractivity contribution >= 4 is 34.9 Å². The van der Waals surface area contributed by atoms with Crippen molar-refractivity contribution in [1.29, 1.82) is 0 Å². The van der Waals surface area contributed by atoms with E-state index in [1.165, 1.54) is 6.42 Å². The van der Waals surface area contributed by atoms with Gasteiger partial charge in [-0.25, -0.2) is 0 Å². The molecule has 2 atom stereocenters. The van der Waals surface area contributed by atoms with Gasteiger partial charge in [-0.05, 0) is 50.0 Å². The molecule has 0 saturated heterocycles. The number of carbonyl (C=O) groups is 3. The molecule has 36 heavy (non-hydrogen) atoms. The van der Waals surface area contributed by atoms with Crippen LogP contribution in [0, 0.1) is 12.8 Å². The number of nitrogens with one attached hydrogen (secondary N) is 2. The zero-order valence-corrected chi connectivity index (χ0v) is 22.2. The van der Waals surface area contributed by atoms with Crippen LogP contribution < -0.4 is 10.6 Å². The Morgan fingerprint density at radius 3 is 2.58 bits per heavy atom. The third-order valence-corrected chi connectivity index (χ3v) is 8.59. The van der Waals surface area contributed by atoms with E-state index in [2.05, 4.69) is 22.7 Å². The van der Waals surface area contributed by atoms with Crippen molar-refractivity contribution in [2.75, 3.05) is 5.32 Å². The minimum Gasteiger partial charge on any atom is -0.360 e. The van der Waals surface area contributed by atoms with Crippen LogP contribution in [0.5, 0.6) is 0 Å². The fourth-order valence-corrected chi connectivity index (χ4v) is 6.44. The van der Waals surface area contributed by atoms with E-state index in [1.54, 1.807) is 29.2 Å². The van der Waals surface area contributed by atoms with Gasteiger partial charge in [-0.15, -0.1) is 11.3 Å². The van der Waals surface area contributed by atoms with E-state index >= 15 is 0 Å². The van der Waals surface area contributed by atoms with Gasteiger partial charge in [0, 0.05) is 29.8 Å². The molecule has 2 aromatic rings. The second-order valence-electron chi connectivity index (χ2n) is 10.3. The fraction of sp³-hybridized carbons (Fsp3) is 0.630. The van der Waals surface area contributed by atoms with Gasteiger partial charge in [-0.1, -0.05) is 50.3 Å². The van der Waals surface area contributed by atoms with Crippen molar-refractivity contribution in [3.63, 3.8) is 0 Å². The Kier molecular flexibility index (Phi) is 8.82. The Hall–Kier alpha value is -2.68. The molecule has 2 aliphatic rings. The lowest BCUT2D eigenvalue weighted by Crippen LogP contribution is -2.65. The fourth-order valence-electron chi connectivity index (χ4n) is 5.74. The summed E-state index contributed by atoms with van der Waals surface area (Å²) < 4.78 is 5.00.